The maximum absolute atomic E-state index is 4.68. The van der Waals surface area contributed by atoms with Crippen LogP contribution in [0.15, 0.2) is 58.9 Å². The number of anilines is 1. The van der Waals surface area contributed by atoms with Gasteiger partial charge in [-0.25, -0.2) is 4.99 Å². The van der Waals surface area contributed by atoms with Crippen LogP contribution in [0.3, 0.4) is 0 Å². The van der Waals surface area contributed by atoms with E-state index in [9.17, 15) is 0 Å². The predicted molar refractivity (Wildman–Crippen MR) is 104 cm³/mol. The second kappa shape index (κ2) is 8.55. The smallest absolute Gasteiger partial charge is 0.191 e. The lowest BCUT2D eigenvalue weighted by atomic mass is 10.2. The fourth-order valence-corrected chi connectivity index (χ4v) is 3.24. The number of thiophene rings is 1. The van der Waals surface area contributed by atoms with E-state index in [1.807, 2.05) is 0 Å². The first-order chi connectivity index (χ1) is 11.8. The van der Waals surface area contributed by atoms with E-state index in [1.54, 1.807) is 11.3 Å². The highest BCUT2D eigenvalue weighted by Gasteiger charge is 2.07. The maximum atomic E-state index is 4.68. The third-order valence-corrected chi connectivity index (χ3v) is 4.77. The molecule has 0 amide bonds. The Balaban J connectivity index is 1.56. The first kappa shape index (κ1) is 16.6. The molecule has 5 heteroatoms. The summed E-state index contributed by atoms with van der Waals surface area (Å²) >= 11 is 1.76. The number of benzene rings is 1. The summed E-state index contributed by atoms with van der Waals surface area (Å²) in [5.41, 5.74) is 2.50. The molecule has 0 bridgehead atoms. The molecule has 0 radical (unpaired) electrons. The summed E-state index contributed by atoms with van der Waals surface area (Å²) in [6.07, 6.45) is 4.42. The lowest BCUT2D eigenvalue weighted by Crippen LogP contribution is -2.36. The minimum absolute atomic E-state index is 0.679. The van der Waals surface area contributed by atoms with Gasteiger partial charge in [0, 0.05) is 30.2 Å². The number of hydrogen-bond donors (Lipinski definition) is 2. The van der Waals surface area contributed by atoms with Crippen molar-refractivity contribution >= 4 is 23.0 Å². The molecule has 0 unspecified atom stereocenters. The molecule has 1 aromatic carbocycles. The van der Waals surface area contributed by atoms with E-state index in [1.165, 1.54) is 16.1 Å². The SMILES string of the molecule is CCNC(=NCc1ccc(N2CC=CC2)cc1)NCc1cccs1. The van der Waals surface area contributed by atoms with Crippen LogP contribution in [0.1, 0.15) is 17.4 Å². The number of aliphatic imine (C=N–C) groups is 1. The maximum Gasteiger partial charge on any atom is 0.191 e. The van der Waals surface area contributed by atoms with Crippen molar-refractivity contribution in [2.75, 3.05) is 24.5 Å². The highest BCUT2D eigenvalue weighted by Crippen LogP contribution is 2.17. The van der Waals surface area contributed by atoms with E-state index < -0.39 is 0 Å². The van der Waals surface area contributed by atoms with Crippen molar-refractivity contribution in [3.63, 3.8) is 0 Å². The number of hydrogen-bond acceptors (Lipinski definition) is 3. The van der Waals surface area contributed by atoms with E-state index in [2.05, 4.69) is 81.4 Å². The van der Waals surface area contributed by atoms with Crippen molar-refractivity contribution in [2.24, 2.45) is 4.99 Å². The van der Waals surface area contributed by atoms with Crippen molar-refractivity contribution in [2.45, 2.75) is 20.0 Å². The fourth-order valence-electron chi connectivity index (χ4n) is 2.60. The molecule has 0 saturated carbocycles. The van der Waals surface area contributed by atoms with Gasteiger partial charge in [-0.2, -0.15) is 0 Å². The van der Waals surface area contributed by atoms with Crippen LogP contribution in [-0.4, -0.2) is 25.6 Å². The molecule has 4 nitrogen and oxygen atoms in total. The molecule has 2 N–H and O–H groups in total. The molecule has 0 fully saturated rings. The van der Waals surface area contributed by atoms with Gasteiger partial charge < -0.3 is 15.5 Å². The monoisotopic (exact) mass is 340 g/mol. The van der Waals surface area contributed by atoms with Gasteiger partial charge in [0.2, 0.25) is 0 Å². The number of guanidine groups is 1. The molecule has 3 rings (SSSR count). The highest BCUT2D eigenvalue weighted by molar-refractivity contribution is 7.09. The molecule has 126 valence electrons. The molecule has 1 aliphatic heterocycles. The quantitative estimate of drug-likeness (QED) is 0.481. The average molecular weight is 340 g/mol. The van der Waals surface area contributed by atoms with Gasteiger partial charge in [0.05, 0.1) is 13.1 Å². The Bertz CT molecular complexity index is 666. The zero-order valence-electron chi connectivity index (χ0n) is 14.0. The van der Waals surface area contributed by atoms with Gasteiger partial charge in [-0.15, -0.1) is 11.3 Å². The zero-order valence-corrected chi connectivity index (χ0v) is 14.9. The van der Waals surface area contributed by atoms with Gasteiger partial charge in [-0.3, -0.25) is 0 Å². The van der Waals surface area contributed by atoms with E-state index in [0.29, 0.717) is 6.54 Å². The van der Waals surface area contributed by atoms with Crippen molar-refractivity contribution < 1.29 is 0 Å². The van der Waals surface area contributed by atoms with Crippen LogP contribution in [0.5, 0.6) is 0 Å². The van der Waals surface area contributed by atoms with Crippen molar-refractivity contribution in [1.29, 1.82) is 0 Å². The van der Waals surface area contributed by atoms with Crippen LogP contribution in [0.25, 0.3) is 0 Å². The Kier molecular flexibility index (Phi) is 5.90. The topological polar surface area (TPSA) is 39.7 Å². The molecule has 2 aromatic rings. The van der Waals surface area contributed by atoms with E-state index in [0.717, 1.165) is 32.1 Å². The van der Waals surface area contributed by atoms with Gasteiger partial charge >= 0.3 is 0 Å². The van der Waals surface area contributed by atoms with Crippen LogP contribution in [0.2, 0.25) is 0 Å². The summed E-state index contributed by atoms with van der Waals surface area (Å²) in [4.78, 5) is 8.34. The van der Waals surface area contributed by atoms with E-state index >= 15 is 0 Å². The number of nitrogens with one attached hydrogen (secondary N) is 2. The summed E-state index contributed by atoms with van der Waals surface area (Å²) in [5.74, 6) is 0.860. The van der Waals surface area contributed by atoms with Gasteiger partial charge in [-0.05, 0) is 36.1 Å². The van der Waals surface area contributed by atoms with E-state index in [-0.39, 0.29) is 0 Å². The van der Waals surface area contributed by atoms with Crippen LogP contribution in [-0.2, 0) is 13.1 Å². The van der Waals surface area contributed by atoms with Gasteiger partial charge in [-0.1, -0.05) is 30.4 Å². The fraction of sp³-hybridized carbons (Fsp3) is 0.316. The Morgan fingerprint density at radius 2 is 1.92 bits per heavy atom. The van der Waals surface area contributed by atoms with Crippen LogP contribution in [0.4, 0.5) is 5.69 Å². The third kappa shape index (κ3) is 4.61. The Labute approximate surface area is 147 Å². The Hall–Kier alpha value is -2.27. The molecular weight excluding hydrogens is 316 g/mol. The summed E-state index contributed by atoms with van der Waals surface area (Å²) < 4.78 is 0. The first-order valence-electron chi connectivity index (χ1n) is 8.38. The molecule has 0 spiro atoms. The highest BCUT2D eigenvalue weighted by atomic mass is 32.1. The van der Waals surface area contributed by atoms with Crippen LogP contribution in [0, 0.1) is 0 Å². The van der Waals surface area contributed by atoms with E-state index in [4.69, 9.17) is 0 Å². The minimum atomic E-state index is 0.679. The minimum Gasteiger partial charge on any atom is -0.364 e. The van der Waals surface area contributed by atoms with Gasteiger partial charge in [0.15, 0.2) is 5.96 Å². The lowest BCUT2D eigenvalue weighted by molar-refractivity contribution is 0.823. The van der Waals surface area contributed by atoms with Crippen molar-refractivity contribution in [3.05, 3.63) is 64.4 Å². The predicted octanol–water partition coefficient (Wildman–Crippen LogP) is 3.38. The standard InChI is InChI=1S/C19H24N4S/c1-2-20-19(22-15-18-6-5-13-24-18)21-14-16-7-9-17(10-8-16)23-11-3-4-12-23/h3-10,13H,2,11-12,14-15H2,1H3,(H2,20,21,22). The summed E-state index contributed by atoms with van der Waals surface area (Å²) in [5, 5.41) is 8.78. The number of nitrogens with zero attached hydrogens (tertiary/aromatic N) is 2. The normalized spacial score (nSPS) is 14.2. The van der Waals surface area contributed by atoms with Crippen LogP contribution < -0.4 is 15.5 Å². The van der Waals surface area contributed by atoms with Crippen molar-refractivity contribution in [1.82, 2.24) is 10.6 Å². The molecule has 2 heterocycles. The van der Waals surface area contributed by atoms with Gasteiger partial charge in [0.25, 0.3) is 0 Å². The Morgan fingerprint density at radius 3 is 2.58 bits per heavy atom. The summed E-state index contributed by atoms with van der Waals surface area (Å²) in [6, 6.07) is 12.9. The molecule has 0 saturated heterocycles. The number of rotatable bonds is 6. The third-order valence-electron chi connectivity index (χ3n) is 3.89. The Morgan fingerprint density at radius 1 is 1.12 bits per heavy atom. The average Bonchev–Trinajstić information content (AvgIpc) is 3.31. The lowest BCUT2D eigenvalue weighted by Gasteiger charge is -2.17. The second-order valence-corrected chi connectivity index (χ2v) is 6.70. The first-order valence-corrected chi connectivity index (χ1v) is 9.26. The molecular formula is C19H24N4S. The molecule has 24 heavy (non-hydrogen) atoms. The van der Waals surface area contributed by atoms with Gasteiger partial charge in [0.1, 0.15) is 0 Å². The van der Waals surface area contributed by atoms with Crippen molar-refractivity contribution in [3.8, 4) is 0 Å². The molecule has 0 aliphatic carbocycles. The molecule has 0 atom stereocenters. The largest absolute Gasteiger partial charge is 0.364 e. The molecule has 1 aliphatic rings. The van der Waals surface area contributed by atoms with Crippen LogP contribution >= 0.6 is 11.3 Å². The zero-order chi connectivity index (χ0) is 16.6. The summed E-state index contributed by atoms with van der Waals surface area (Å²) in [7, 11) is 0. The second-order valence-electron chi connectivity index (χ2n) is 5.67. The molecule has 1 aromatic heterocycles. The summed E-state index contributed by atoms with van der Waals surface area (Å²) in [6.45, 7) is 6.45.